The highest BCUT2D eigenvalue weighted by Crippen LogP contribution is 2.22. The zero-order valence-corrected chi connectivity index (χ0v) is 20.6. The summed E-state index contributed by atoms with van der Waals surface area (Å²) < 4.78 is 5.77. The van der Waals surface area contributed by atoms with Crippen LogP contribution >= 0.6 is 11.3 Å². The number of amides is 2. The van der Waals surface area contributed by atoms with E-state index in [1.54, 1.807) is 17.4 Å². The lowest BCUT2D eigenvalue weighted by Gasteiger charge is -2.31. The van der Waals surface area contributed by atoms with Crippen LogP contribution in [0.4, 0.5) is 5.69 Å². The van der Waals surface area contributed by atoms with E-state index in [0.29, 0.717) is 19.7 Å². The Morgan fingerprint density at radius 1 is 1.23 bits per heavy atom. The van der Waals surface area contributed by atoms with Crippen molar-refractivity contribution in [3.8, 4) is 5.75 Å². The van der Waals surface area contributed by atoms with Gasteiger partial charge >= 0.3 is 0 Å². The Labute approximate surface area is 209 Å². The first-order valence-corrected chi connectivity index (χ1v) is 12.6. The first kappa shape index (κ1) is 24.6. The van der Waals surface area contributed by atoms with Crippen molar-refractivity contribution in [1.29, 1.82) is 0 Å². The number of nitrogens with one attached hydrogen (secondary N) is 1. The minimum absolute atomic E-state index is 0.110. The summed E-state index contributed by atoms with van der Waals surface area (Å²) in [5.41, 5.74) is 9.10. The van der Waals surface area contributed by atoms with E-state index < -0.39 is 0 Å². The quantitative estimate of drug-likeness (QED) is 0.434. The lowest BCUT2D eigenvalue weighted by molar-refractivity contribution is -0.123. The molecule has 1 fully saturated rings. The summed E-state index contributed by atoms with van der Waals surface area (Å²) in [5, 5.41) is 6.00. The van der Waals surface area contributed by atoms with Crippen molar-refractivity contribution < 1.29 is 14.3 Å². The number of rotatable bonds is 9. The predicted molar refractivity (Wildman–Crippen MR) is 139 cm³/mol. The second kappa shape index (κ2) is 11.8. The van der Waals surface area contributed by atoms with Gasteiger partial charge in [-0.1, -0.05) is 30.3 Å². The Hall–Kier alpha value is -3.49. The molecule has 1 saturated heterocycles. The van der Waals surface area contributed by atoms with Crippen molar-refractivity contribution in [3.05, 3.63) is 81.8 Å². The maximum atomic E-state index is 12.6. The van der Waals surface area contributed by atoms with Gasteiger partial charge in [0.05, 0.1) is 16.6 Å². The molecule has 7 nitrogen and oxygen atoms in total. The molecule has 2 aromatic carbocycles. The molecule has 182 valence electrons. The fourth-order valence-corrected chi connectivity index (χ4v) is 4.70. The highest BCUT2D eigenvalue weighted by molar-refractivity contribution is 7.09. The first-order valence-electron chi connectivity index (χ1n) is 11.7. The molecular weight excluding hydrogens is 460 g/mol. The van der Waals surface area contributed by atoms with Crippen LogP contribution in [0.5, 0.6) is 5.75 Å². The summed E-state index contributed by atoms with van der Waals surface area (Å²) >= 11 is 1.60. The van der Waals surface area contributed by atoms with Crippen molar-refractivity contribution >= 4 is 34.9 Å². The molecule has 0 spiro atoms. The van der Waals surface area contributed by atoms with Crippen LogP contribution in [0.15, 0.2) is 60.0 Å². The van der Waals surface area contributed by atoms with E-state index in [0.717, 1.165) is 52.7 Å². The van der Waals surface area contributed by atoms with Crippen molar-refractivity contribution in [2.24, 2.45) is 11.7 Å². The Balaban J connectivity index is 1.31. The van der Waals surface area contributed by atoms with Gasteiger partial charge in [0.25, 0.3) is 0 Å². The molecular formula is C27H30N4O3S. The number of nitrogens with zero attached hydrogens (tertiary/aromatic N) is 2. The molecule has 35 heavy (non-hydrogen) atoms. The Bertz CT molecular complexity index is 1190. The van der Waals surface area contributed by atoms with Crippen LogP contribution in [0.1, 0.15) is 34.7 Å². The fraction of sp³-hybridized carbons (Fsp3) is 0.296. The second-order valence-electron chi connectivity index (χ2n) is 8.67. The number of primary amides is 1. The molecule has 2 amide bonds. The third-order valence-corrected chi connectivity index (χ3v) is 6.76. The van der Waals surface area contributed by atoms with Gasteiger partial charge in [0, 0.05) is 30.2 Å². The number of aryl methyl sites for hydroxylation is 1. The lowest BCUT2D eigenvalue weighted by atomic mass is 9.97. The average molecular weight is 491 g/mol. The standard InChI is InChI=1S/C27H30N4O3S/c1-19-29-23(18-35-19)17-34-24-11-8-20(9-12-24)10-13-26(32)30-25-7-3-2-5-21(25)15-31-14-4-6-22(16-31)27(28)33/h2-3,5,7-13,18,22H,4,6,14-17H2,1H3,(H2,28,33)(H,30,32)/b13-10+. The maximum absolute atomic E-state index is 12.6. The van der Waals surface area contributed by atoms with E-state index >= 15 is 0 Å². The number of thiazole rings is 1. The van der Waals surface area contributed by atoms with E-state index in [1.165, 1.54) is 6.08 Å². The molecule has 1 aliphatic heterocycles. The number of carbonyl (C=O) groups is 2. The number of para-hydroxylation sites is 1. The number of nitrogens with two attached hydrogens (primary N) is 1. The number of hydrogen-bond donors (Lipinski definition) is 2. The number of benzene rings is 2. The summed E-state index contributed by atoms with van der Waals surface area (Å²) in [6, 6.07) is 15.3. The lowest BCUT2D eigenvalue weighted by Crippen LogP contribution is -2.40. The van der Waals surface area contributed by atoms with Crippen molar-refractivity contribution in [2.45, 2.75) is 32.9 Å². The van der Waals surface area contributed by atoms with E-state index in [-0.39, 0.29) is 17.7 Å². The van der Waals surface area contributed by atoms with Crippen molar-refractivity contribution in [1.82, 2.24) is 9.88 Å². The minimum atomic E-state index is -0.240. The van der Waals surface area contributed by atoms with Gasteiger partial charge in [-0.3, -0.25) is 14.5 Å². The van der Waals surface area contributed by atoms with E-state index in [2.05, 4.69) is 15.2 Å². The number of likely N-dealkylation sites (tertiary alicyclic amines) is 1. The molecule has 1 atom stereocenters. The van der Waals surface area contributed by atoms with Crippen LogP contribution in [0.3, 0.4) is 0 Å². The molecule has 3 aromatic rings. The van der Waals surface area contributed by atoms with Crippen LogP contribution in [0, 0.1) is 12.8 Å². The van der Waals surface area contributed by atoms with E-state index in [4.69, 9.17) is 10.5 Å². The summed E-state index contributed by atoms with van der Waals surface area (Å²) in [5.74, 6) is 0.199. The van der Waals surface area contributed by atoms with E-state index in [1.807, 2.05) is 60.8 Å². The summed E-state index contributed by atoms with van der Waals surface area (Å²) in [4.78, 5) is 30.8. The number of piperidine rings is 1. The van der Waals surface area contributed by atoms with Gasteiger partial charge < -0.3 is 15.8 Å². The SMILES string of the molecule is Cc1nc(COc2ccc(/C=C/C(=O)Nc3ccccc3CN3CCCC(C(N)=O)C3)cc2)cs1. The highest BCUT2D eigenvalue weighted by atomic mass is 32.1. The molecule has 0 saturated carbocycles. The van der Waals surface area contributed by atoms with Gasteiger partial charge in [-0.05, 0) is 61.7 Å². The van der Waals surface area contributed by atoms with Gasteiger partial charge in [-0.2, -0.15) is 0 Å². The van der Waals surface area contributed by atoms with Gasteiger partial charge in [-0.15, -0.1) is 11.3 Å². The van der Waals surface area contributed by atoms with Gasteiger partial charge in [0.1, 0.15) is 12.4 Å². The second-order valence-corrected chi connectivity index (χ2v) is 9.73. The molecule has 3 N–H and O–H groups in total. The van der Waals surface area contributed by atoms with Gasteiger partial charge in [-0.25, -0.2) is 4.98 Å². The van der Waals surface area contributed by atoms with Gasteiger partial charge in [0.15, 0.2) is 0 Å². The maximum Gasteiger partial charge on any atom is 0.248 e. The largest absolute Gasteiger partial charge is 0.487 e. The normalized spacial score (nSPS) is 16.3. The number of aromatic nitrogens is 1. The zero-order chi connectivity index (χ0) is 24.6. The molecule has 0 radical (unpaired) electrons. The van der Waals surface area contributed by atoms with Crippen LogP contribution < -0.4 is 15.8 Å². The summed E-state index contributed by atoms with van der Waals surface area (Å²) in [7, 11) is 0. The molecule has 1 aliphatic rings. The molecule has 4 rings (SSSR count). The van der Waals surface area contributed by atoms with Crippen LogP contribution in [-0.4, -0.2) is 34.8 Å². The number of ether oxygens (including phenoxy) is 1. The van der Waals surface area contributed by atoms with Crippen molar-refractivity contribution in [2.75, 3.05) is 18.4 Å². The van der Waals surface area contributed by atoms with Crippen molar-refractivity contribution in [3.63, 3.8) is 0 Å². The molecule has 2 heterocycles. The molecule has 8 heteroatoms. The highest BCUT2D eigenvalue weighted by Gasteiger charge is 2.24. The minimum Gasteiger partial charge on any atom is -0.487 e. The Morgan fingerprint density at radius 3 is 2.77 bits per heavy atom. The van der Waals surface area contributed by atoms with Crippen LogP contribution in [0.2, 0.25) is 0 Å². The zero-order valence-electron chi connectivity index (χ0n) is 19.8. The Morgan fingerprint density at radius 2 is 2.03 bits per heavy atom. The molecule has 0 aliphatic carbocycles. The molecule has 1 aromatic heterocycles. The molecule has 0 bridgehead atoms. The summed E-state index contributed by atoms with van der Waals surface area (Å²) in [6.45, 7) is 4.63. The summed E-state index contributed by atoms with van der Waals surface area (Å²) in [6.07, 6.45) is 5.08. The van der Waals surface area contributed by atoms with Crippen LogP contribution in [0.25, 0.3) is 6.08 Å². The van der Waals surface area contributed by atoms with Crippen LogP contribution in [-0.2, 0) is 22.7 Å². The van der Waals surface area contributed by atoms with Gasteiger partial charge in [0.2, 0.25) is 11.8 Å². The smallest absolute Gasteiger partial charge is 0.248 e. The van der Waals surface area contributed by atoms with E-state index in [9.17, 15) is 9.59 Å². The third kappa shape index (κ3) is 7.24. The first-order chi connectivity index (χ1) is 17.0. The topological polar surface area (TPSA) is 97.6 Å². The average Bonchev–Trinajstić information content (AvgIpc) is 3.28. The predicted octanol–water partition coefficient (Wildman–Crippen LogP) is 4.38. The monoisotopic (exact) mass is 490 g/mol. The number of hydrogen-bond acceptors (Lipinski definition) is 6. The third-order valence-electron chi connectivity index (χ3n) is 5.94. The molecule has 1 unspecified atom stereocenters. The number of anilines is 1. The fourth-order valence-electron chi connectivity index (χ4n) is 4.11. The Kier molecular flexibility index (Phi) is 8.28. The number of carbonyl (C=O) groups excluding carboxylic acids is 2.